The Bertz CT molecular complexity index is 259. The minimum Gasteiger partial charge on any atom is -0.464 e. The molecule has 0 radical (unpaired) electrons. The second-order valence-electron chi connectivity index (χ2n) is 2.83. The fourth-order valence-electron chi connectivity index (χ4n) is 0.874. The number of halogens is 2. The molecule has 0 aliphatic heterocycles. The molecule has 0 aromatic rings. The maximum atomic E-state index is 11.6. The Hall–Kier alpha value is -0.160. The summed E-state index contributed by atoms with van der Waals surface area (Å²) in [6, 6.07) is 0. The summed E-state index contributed by atoms with van der Waals surface area (Å²) in [5, 5.41) is 0. The lowest BCUT2D eigenvalue weighted by atomic mass is 10.1. The minimum absolute atomic E-state index is 0.237. The topological polar surface area (TPSA) is 43.4 Å². The molecule has 0 aromatic heterocycles. The van der Waals surface area contributed by atoms with E-state index in [4.69, 9.17) is 4.74 Å². The maximum Gasteiger partial charge on any atom is 0.341 e. The molecular formula is C10H14Br2O3. The Morgan fingerprint density at radius 1 is 1.40 bits per heavy atom. The molecule has 0 aliphatic carbocycles. The number of ether oxygens (including phenoxy) is 1. The van der Waals surface area contributed by atoms with E-state index in [1.165, 1.54) is 0 Å². The van der Waals surface area contributed by atoms with Crippen LogP contribution >= 0.6 is 31.9 Å². The van der Waals surface area contributed by atoms with Crippen LogP contribution in [0.2, 0.25) is 0 Å². The van der Waals surface area contributed by atoms with Gasteiger partial charge in [0.25, 0.3) is 0 Å². The van der Waals surface area contributed by atoms with Gasteiger partial charge in [0.2, 0.25) is 3.23 Å². The van der Waals surface area contributed by atoms with E-state index in [0.717, 1.165) is 0 Å². The summed E-state index contributed by atoms with van der Waals surface area (Å²) in [4.78, 5) is 23.0. The van der Waals surface area contributed by atoms with Gasteiger partial charge in [0.05, 0.1) is 6.61 Å². The van der Waals surface area contributed by atoms with Gasteiger partial charge in [-0.15, -0.1) is 0 Å². The summed E-state index contributed by atoms with van der Waals surface area (Å²) in [7, 11) is 0. The number of hydrogen-bond donors (Lipinski definition) is 0. The van der Waals surface area contributed by atoms with Gasteiger partial charge in [-0.1, -0.05) is 44.0 Å². The summed E-state index contributed by atoms with van der Waals surface area (Å²) in [5.41, 5.74) is 0. The van der Waals surface area contributed by atoms with Crippen molar-refractivity contribution in [3.63, 3.8) is 0 Å². The third kappa shape index (κ3) is 4.93. The fraction of sp³-hybridized carbons (Fsp3) is 0.600. The van der Waals surface area contributed by atoms with Gasteiger partial charge in [0, 0.05) is 6.42 Å². The van der Waals surface area contributed by atoms with Crippen LogP contribution in [-0.4, -0.2) is 21.6 Å². The number of rotatable bonds is 6. The van der Waals surface area contributed by atoms with Gasteiger partial charge in [-0.25, -0.2) is 4.79 Å². The van der Waals surface area contributed by atoms with E-state index in [0.29, 0.717) is 12.8 Å². The van der Waals surface area contributed by atoms with Crippen LogP contribution in [0.25, 0.3) is 0 Å². The van der Waals surface area contributed by atoms with E-state index < -0.39 is 9.20 Å². The van der Waals surface area contributed by atoms with Crippen LogP contribution in [0.4, 0.5) is 0 Å². The molecule has 0 N–H and O–H groups in total. The molecule has 0 aromatic carbocycles. The summed E-state index contributed by atoms with van der Waals surface area (Å²) in [6.07, 6.45) is 4.65. The second kappa shape index (κ2) is 7.17. The minimum atomic E-state index is -1.39. The van der Waals surface area contributed by atoms with Crippen LogP contribution in [0.1, 0.15) is 26.7 Å². The lowest BCUT2D eigenvalue weighted by Gasteiger charge is -2.16. The molecule has 0 atom stereocenters. The number of alkyl halides is 2. The van der Waals surface area contributed by atoms with Crippen molar-refractivity contribution in [1.29, 1.82) is 0 Å². The lowest BCUT2D eigenvalue weighted by Crippen LogP contribution is -2.35. The first-order chi connectivity index (χ1) is 6.96. The molecule has 0 fully saturated rings. The van der Waals surface area contributed by atoms with Crippen LogP contribution in [0.3, 0.4) is 0 Å². The quantitative estimate of drug-likeness (QED) is 0.323. The van der Waals surface area contributed by atoms with Crippen LogP contribution in [0.5, 0.6) is 0 Å². The largest absolute Gasteiger partial charge is 0.464 e. The number of hydrogen-bond acceptors (Lipinski definition) is 3. The standard InChI is InChI=1S/C10H14Br2O3/c1-3-5-6-7-8(13)10(11,12)9(14)15-4-2/h3,5H,4,6-7H2,1-2H3. The normalized spacial score (nSPS) is 11.7. The average Bonchev–Trinajstić information content (AvgIpc) is 2.18. The molecule has 3 nitrogen and oxygen atoms in total. The first-order valence-electron chi connectivity index (χ1n) is 4.66. The van der Waals surface area contributed by atoms with E-state index in [1.807, 2.05) is 19.1 Å². The second-order valence-corrected chi connectivity index (χ2v) is 6.27. The van der Waals surface area contributed by atoms with Gasteiger partial charge >= 0.3 is 5.97 Å². The summed E-state index contributed by atoms with van der Waals surface area (Å²) in [5.74, 6) is -0.838. The highest BCUT2D eigenvalue weighted by Crippen LogP contribution is 2.30. The molecular weight excluding hydrogens is 328 g/mol. The SMILES string of the molecule is CC=CCCC(=O)C(Br)(Br)C(=O)OCC. The lowest BCUT2D eigenvalue weighted by molar-refractivity contribution is -0.145. The molecule has 0 rings (SSSR count). The van der Waals surface area contributed by atoms with Gasteiger partial charge in [-0.3, -0.25) is 4.79 Å². The molecule has 5 heteroatoms. The van der Waals surface area contributed by atoms with Crippen molar-refractivity contribution in [2.45, 2.75) is 29.9 Å². The fourth-order valence-corrected chi connectivity index (χ4v) is 1.50. The predicted molar refractivity (Wildman–Crippen MR) is 66.3 cm³/mol. The number of Topliss-reactive ketones (excluding diaryl/α,β-unsaturated/α-hetero) is 1. The van der Waals surface area contributed by atoms with Gasteiger partial charge in [0.1, 0.15) is 0 Å². The van der Waals surface area contributed by atoms with E-state index in [9.17, 15) is 9.59 Å². The van der Waals surface area contributed by atoms with Crippen molar-refractivity contribution >= 4 is 43.6 Å². The zero-order valence-corrected chi connectivity index (χ0v) is 11.9. The molecule has 0 amide bonds. The number of carbonyl (C=O) groups excluding carboxylic acids is 2. The van der Waals surface area contributed by atoms with E-state index in [-0.39, 0.29) is 12.4 Å². The van der Waals surface area contributed by atoms with E-state index in [2.05, 4.69) is 31.9 Å². The highest BCUT2D eigenvalue weighted by atomic mass is 79.9. The number of carbonyl (C=O) groups is 2. The number of allylic oxidation sites excluding steroid dienone is 2. The molecule has 15 heavy (non-hydrogen) atoms. The maximum absolute atomic E-state index is 11.6. The monoisotopic (exact) mass is 340 g/mol. The van der Waals surface area contributed by atoms with E-state index >= 15 is 0 Å². The Balaban J connectivity index is 4.31. The Labute approximate surface area is 107 Å². The van der Waals surface area contributed by atoms with Crippen molar-refractivity contribution in [2.75, 3.05) is 6.61 Å². The van der Waals surface area contributed by atoms with Gasteiger partial charge in [-0.2, -0.15) is 0 Å². The van der Waals surface area contributed by atoms with Crippen molar-refractivity contribution in [3.8, 4) is 0 Å². The highest BCUT2D eigenvalue weighted by Gasteiger charge is 2.41. The third-order valence-corrected chi connectivity index (χ3v) is 3.19. The summed E-state index contributed by atoms with van der Waals surface area (Å²) < 4.78 is 3.37. The number of ketones is 1. The molecule has 0 saturated heterocycles. The molecule has 0 bridgehead atoms. The van der Waals surface area contributed by atoms with E-state index in [1.54, 1.807) is 6.92 Å². The zero-order valence-electron chi connectivity index (χ0n) is 8.76. The van der Waals surface area contributed by atoms with Crippen LogP contribution in [0, 0.1) is 0 Å². The van der Waals surface area contributed by atoms with Crippen LogP contribution in [0.15, 0.2) is 12.2 Å². The first kappa shape index (κ1) is 14.8. The zero-order chi connectivity index (χ0) is 11.9. The summed E-state index contributed by atoms with van der Waals surface area (Å²) in [6.45, 7) is 3.82. The third-order valence-electron chi connectivity index (χ3n) is 1.66. The highest BCUT2D eigenvalue weighted by molar-refractivity contribution is 9.26. The molecule has 0 saturated carbocycles. The molecule has 0 unspecified atom stereocenters. The molecule has 0 heterocycles. The van der Waals surface area contributed by atoms with Crippen molar-refractivity contribution in [2.24, 2.45) is 0 Å². The van der Waals surface area contributed by atoms with Crippen molar-refractivity contribution in [3.05, 3.63) is 12.2 Å². The smallest absolute Gasteiger partial charge is 0.341 e. The van der Waals surface area contributed by atoms with Gasteiger partial charge < -0.3 is 4.74 Å². The molecule has 0 spiro atoms. The Morgan fingerprint density at radius 3 is 2.47 bits per heavy atom. The van der Waals surface area contributed by atoms with Crippen molar-refractivity contribution < 1.29 is 14.3 Å². The van der Waals surface area contributed by atoms with Gasteiger partial charge in [0.15, 0.2) is 5.78 Å². The average molecular weight is 342 g/mol. The van der Waals surface area contributed by atoms with Crippen LogP contribution < -0.4 is 0 Å². The predicted octanol–water partition coefficient (Wildman–Crippen LogP) is 2.96. The molecule has 0 aliphatic rings. The first-order valence-corrected chi connectivity index (χ1v) is 6.24. The summed E-state index contributed by atoms with van der Waals surface area (Å²) >= 11 is 6.07. The Kier molecular flexibility index (Phi) is 7.09. The van der Waals surface area contributed by atoms with Crippen LogP contribution in [-0.2, 0) is 14.3 Å². The molecule has 86 valence electrons. The Morgan fingerprint density at radius 2 is 2.00 bits per heavy atom. The van der Waals surface area contributed by atoms with Crippen molar-refractivity contribution in [1.82, 2.24) is 0 Å². The van der Waals surface area contributed by atoms with Gasteiger partial charge in [-0.05, 0) is 20.3 Å². The number of esters is 1.